The van der Waals surface area contributed by atoms with Gasteiger partial charge in [-0.15, -0.1) is 0 Å². The Morgan fingerprint density at radius 3 is 2.43 bits per heavy atom. The van der Waals surface area contributed by atoms with E-state index in [1.807, 2.05) is 13.8 Å². The topological polar surface area (TPSA) is 56.8 Å². The third-order valence-corrected chi connectivity index (χ3v) is 1.55. The van der Waals surface area contributed by atoms with Gasteiger partial charge in [-0.1, -0.05) is 0 Å². The van der Waals surface area contributed by atoms with Crippen LogP contribution in [0.2, 0.25) is 0 Å². The van der Waals surface area contributed by atoms with E-state index in [0.717, 1.165) is 0 Å². The normalized spacial score (nSPS) is 11.4. The highest BCUT2D eigenvalue weighted by Crippen LogP contribution is 2.08. The summed E-state index contributed by atoms with van der Waals surface area (Å²) >= 11 is 0. The van der Waals surface area contributed by atoms with Crippen LogP contribution in [0, 0.1) is 0 Å². The highest BCUT2D eigenvalue weighted by molar-refractivity contribution is 5.70. The van der Waals surface area contributed by atoms with Crippen LogP contribution < -0.4 is 5.48 Å². The zero-order valence-corrected chi connectivity index (χ0v) is 9.25. The molecule has 0 aromatic rings. The standard InChI is InChI=1S/C9H19NO4/c1-9(2,7-8(11)13-4)10-14-6-5-12-3/h10H,5-7H2,1-4H3. The first-order valence-electron chi connectivity index (χ1n) is 4.46. The molecule has 0 unspecified atom stereocenters. The third-order valence-electron chi connectivity index (χ3n) is 1.55. The molecule has 0 amide bonds. The first kappa shape index (κ1) is 13.4. The van der Waals surface area contributed by atoms with Gasteiger partial charge in [-0.3, -0.25) is 9.63 Å². The third kappa shape index (κ3) is 6.82. The molecule has 0 aliphatic carbocycles. The lowest BCUT2D eigenvalue weighted by atomic mass is 10.0. The summed E-state index contributed by atoms with van der Waals surface area (Å²) in [4.78, 5) is 16.1. The van der Waals surface area contributed by atoms with Crippen LogP contribution in [0.4, 0.5) is 0 Å². The Bertz CT molecular complexity index is 170. The van der Waals surface area contributed by atoms with Gasteiger partial charge in [-0.25, -0.2) is 0 Å². The molecule has 0 aliphatic heterocycles. The maximum atomic E-state index is 11.0. The fraction of sp³-hybridized carbons (Fsp3) is 0.889. The summed E-state index contributed by atoms with van der Waals surface area (Å²) in [6.07, 6.45) is 0.260. The van der Waals surface area contributed by atoms with Crippen LogP contribution in [0.5, 0.6) is 0 Å². The summed E-state index contributed by atoms with van der Waals surface area (Å²) in [6.45, 7) is 4.68. The average Bonchev–Trinajstić information content (AvgIpc) is 2.12. The van der Waals surface area contributed by atoms with E-state index >= 15 is 0 Å². The molecule has 84 valence electrons. The maximum Gasteiger partial charge on any atom is 0.307 e. The molecule has 5 heteroatoms. The number of hydrogen-bond acceptors (Lipinski definition) is 5. The Balaban J connectivity index is 3.66. The van der Waals surface area contributed by atoms with E-state index in [4.69, 9.17) is 9.57 Å². The van der Waals surface area contributed by atoms with Gasteiger partial charge in [0.05, 0.1) is 26.7 Å². The molecule has 0 saturated heterocycles. The van der Waals surface area contributed by atoms with E-state index in [0.29, 0.717) is 13.2 Å². The van der Waals surface area contributed by atoms with Crippen molar-refractivity contribution < 1.29 is 19.1 Å². The van der Waals surface area contributed by atoms with Crippen LogP contribution >= 0.6 is 0 Å². The van der Waals surface area contributed by atoms with E-state index in [2.05, 4.69) is 10.2 Å². The molecular weight excluding hydrogens is 186 g/mol. The van der Waals surface area contributed by atoms with Crippen molar-refractivity contribution in [2.24, 2.45) is 0 Å². The van der Waals surface area contributed by atoms with Gasteiger partial charge in [0.1, 0.15) is 0 Å². The zero-order chi connectivity index (χ0) is 11.0. The molecule has 5 nitrogen and oxygen atoms in total. The van der Waals surface area contributed by atoms with Crippen molar-refractivity contribution in [1.82, 2.24) is 5.48 Å². The molecule has 0 heterocycles. The van der Waals surface area contributed by atoms with Gasteiger partial charge < -0.3 is 9.47 Å². The molecule has 0 aliphatic rings. The van der Waals surface area contributed by atoms with Crippen molar-refractivity contribution in [3.05, 3.63) is 0 Å². The summed E-state index contributed by atoms with van der Waals surface area (Å²) in [5.74, 6) is -0.266. The molecule has 0 fully saturated rings. The van der Waals surface area contributed by atoms with Crippen LogP contribution in [-0.2, 0) is 19.1 Å². The first-order chi connectivity index (χ1) is 6.52. The average molecular weight is 205 g/mol. The van der Waals surface area contributed by atoms with E-state index in [1.165, 1.54) is 7.11 Å². The molecule has 0 bridgehead atoms. The highest BCUT2D eigenvalue weighted by Gasteiger charge is 2.22. The summed E-state index contributed by atoms with van der Waals surface area (Å²) in [6, 6.07) is 0. The Morgan fingerprint density at radius 2 is 1.93 bits per heavy atom. The van der Waals surface area contributed by atoms with Gasteiger partial charge in [-0.05, 0) is 13.8 Å². The number of esters is 1. The second kappa shape index (κ2) is 6.75. The maximum absolute atomic E-state index is 11.0. The lowest BCUT2D eigenvalue weighted by Gasteiger charge is -2.24. The summed E-state index contributed by atoms with van der Waals surface area (Å²) in [7, 11) is 2.97. The Hall–Kier alpha value is -0.650. The predicted molar refractivity (Wildman–Crippen MR) is 51.7 cm³/mol. The molecular formula is C9H19NO4. The zero-order valence-electron chi connectivity index (χ0n) is 9.25. The number of hydroxylamine groups is 1. The number of methoxy groups -OCH3 is 2. The minimum Gasteiger partial charge on any atom is -0.469 e. The molecule has 0 rings (SSSR count). The van der Waals surface area contributed by atoms with Gasteiger partial charge in [0.2, 0.25) is 0 Å². The van der Waals surface area contributed by atoms with Crippen molar-refractivity contribution >= 4 is 5.97 Å². The van der Waals surface area contributed by atoms with E-state index in [-0.39, 0.29) is 12.4 Å². The van der Waals surface area contributed by atoms with E-state index < -0.39 is 5.54 Å². The first-order valence-corrected chi connectivity index (χ1v) is 4.46. The van der Waals surface area contributed by atoms with Gasteiger partial charge in [0.15, 0.2) is 0 Å². The number of hydrogen-bond donors (Lipinski definition) is 1. The van der Waals surface area contributed by atoms with Gasteiger partial charge >= 0.3 is 5.97 Å². The molecule has 0 aromatic carbocycles. The summed E-state index contributed by atoms with van der Waals surface area (Å²) in [5.41, 5.74) is 2.35. The molecule has 0 atom stereocenters. The fourth-order valence-corrected chi connectivity index (χ4v) is 0.840. The van der Waals surface area contributed by atoms with E-state index in [9.17, 15) is 4.79 Å². The number of carbonyl (C=O) groups is 1. The summed E-state index contributed by atoms with van der Waals surface area (Å²) < 4.78 is 9.36. The van der Waals surface area contributed by atoms with Crippen molar-refractivity contribution in [3.63, 3.8) is 0 Å². The quantitative estimate of drug-likeness (QED) is 0.372. The lowest BCUT2D eigenvalue weighted by Crippen LogP contribution is -2.41. The monoisotopic (exact) mass is 205 g/mol. The van der Waals surface area contributed by atoms with Crippen molar-refractivity contribution in [2.75, 3.05) is 27.4 Å². The van der Waals surface area contributed by atoms with Gasteiger partial charge in [0.25, 0.3) is 0 Å². The van der Waals surface area contributed by atoms with Gasteiger partial charge in [0, 0.05) is 12.6 Å². The van der Waals surface area contributed by atoms with Crippen LogP contribution in [0.25, 0.3) is 0 Å². The van der Waals surface area contributed by atoms with Crippen LogP contribution in [0.3, 0.4) is 0 Å². The number of ether oxygens (including phenoxy) is 2. The second-order valence-electron chi connectivity index (χ2n) is 3.58. The molecule has 0 aromatic heterocycles. The van der Waals surface area contributed by atoms with Crippen molar-refractivity contribution in [3.8, 4) is 0 Å². The predicted octanol–water partition coefficient (Wildman–Crippen LogP) is 0.496. The largest absolute Gasteiger partial charge is 0.469 e. The van der Waals surface area contributed by atoms with Crippen molar-refractivity contribution in [2.45, 2.75) is 25.8 Å². The minimum atomic E-state index is -0.430. The van der Waals surface area contributed by atoms with Crippen LogP contribution in [-0.4, -0.2) is 38.9 Å². The van der Waals surface area contributed by atoms with Crippen molar-refractivity contribution in [1.29, 1.82) is 0 Å². The SMILES string of the molecule is COCCONC(C)(C)CC(=O)OC. The number of rotatable bonds is 7. The molecule has 0 spiro atoms. The molecule has 0 saturated carbocycles. The van der Waals surface area contributed by atoms with Gasteiger partial charge in [-0.2, -0.15) is 5.48 Å². The highest BCUT2D eigenvalue weighted by atomic mass is 16.7. The molecule has 14 heavy (non-hydrogen) atoms. The number of carbonyl (C=O) groups excluding carboxylic acids is 1. The molecule has 0 radical (unpaired) electrons. The van der Waals surface area contributed by atoms with Crippen LogP contribution in [0.1, 0.15) is 20.3 Å². The van der Waals surface area contributed by atoms with E-state index in [1.54, 1.807) is 7.11 Å². The molecule has 1 N–H and O–H groups in total. The minimum absolute atomic E-state index is 0.260. The summed E-state index contributed by atoms with van der Waals surface area (Å²) in [5, 5.41) is 0. The smallest absolute Gasteiger partial charge is 0.307 e. The Morgan fingerprint density at radius 1 is 1.29 bits per heavy atom. The second-order valence-corrected chi connectivity index (χ2v) is 3.58. The number of nitrogens with one attached hydrogen (secondary N) is 1. The Kier molecular flexibility index (Phi) is 6.44. The lowest BCUT2D eigenvalue weighted by molar-refractivity contribution is -0.144. The Labute approximate surface area is 84.7 Å². The van der Waals surface area contributed by atoms with Crippen LogP contribution in [0.15, 0.2) is 0 Å². The fourth-order valence-electron chi connectivity index (χ4n) is 0.840.